The van der Waals surface area contributed by atoms with Gasteiger partial charge in [0.05, 0.1) is 11.9 Å². The third-order valence-electron chi connectivity index (χ3n) is 5.14. The molecular formula is C19H27FN6O2S. The average Bonchev–Trinajstić information content (AvgIpc) is 3.25. The largest absolute Gasteiger partial charge is 0.387 e. The van der Waals surface area contributed by atoms with Crippen molar-refractivity contribution in [1.82, 2.24) is 4.98 Å². The number of urea groups is 1. The molecule has 0 bridgehead atoms. The molecule has 0 fully saturated rings. The molecule has 0 aromatic carbocycles. The highest BCUT2D eigenvalue weighted by Crippen LogP contribution is 2.41. The van der Waals surface area contributed by atoms with Gasteiger partial charge in [0.2, 0.25) is 0 Å². The summed E-state index contributed by atoms with van der Waals surface area (Å²) in [5, 5.41) is 7.49. The number of carbonyl (C=O) groups is 1. The van der Waals surface area contributed by atoms with Crippen molar-refractivity contribution in [2.45, 2.75) is 64.8 Å². The van der Waals surface area contributed by atoms with Crippen molar-refractivity contribution in [3.05, 3.63) is 33.4 Å². The van der Waals surface area contributed by atoms with Gasteiger partial charge in [0.25, 0.3) is 0 Å². The van der Waals surface area contributed by atoms with E-state index in [2.05, 4.69) is 21.6 Å². The highest BCUT2D eigenvalue weighted by atomic mass is 32.2. The monoisotopic (exact) mass is 422 g/mol. The summed E-state index contributed by atoms with van der Waals surface area (Å²) in [6.45, 7) is 5.59. The fraction of sp³-hybridized carbons (Fsp3) is 0.526. The molecule has 29 heavy (non-hydrogen) atoms. The van der Waals surface area contributed by atoms with E-state index in [-0.39, 0.29) is 6.04 Å². The number of halogens is 1. The van der Waals surface area contributed by atoms with Crippen molar-refractivity contribution >= 4 is 27.8 Å². The van der Waals surface area contributed by atoms with E-state index in [1.54, 1.807) is 13.8 Å². The third kappa shape index (κ3) is 4.48. The molecule has 1 heterocycles. The SMILES string of the molecule is CC(C)N=C/C(F)=C(\N)S(N)(=O)=NC(=O)Nc1c2c(nc3c1CCC3C)CCC2. The Labute approximate surface area is 170 Å². The number of nitrogens with one attached hydrogen (secondary N) is 1. The van der Waals surface area contributed by atoms with Crippen LogP contribution in [-0.2, 0) is 29.2 Å². The number of amides is 2. The molecule has 3 rings (SSSR count). The van der Waals surface area contributed by atoms with Gasteiger partial charge in [-0.3, -0.25) is 9.98 Å². The topological polar surface area (TPSA) is 136 Å². The lowest BCUT2D eigenvalue weighted by Crippen LogP contribution is -2.25. The second-order valence-corrected chi connectivity index (χ2v) is 9.50. The van der Waals surface area contributed by atoms with Gasteiger partial charge in [-0.05, 0) is 63.0 Å². The molecule has 0 spiro atoms. The van der Waals surface area contributed by atoms with E-state index in [0.717, 1.165) is 60.8 Å². The molecule has 2 amide bonds. The molecule has 2 aliphatic carbocycles. The number of pyridine rings is 1. The summed E-state index contributed by atoms with van der Waals surface area (Å²) in [6, 6.07) is -1.10. The number of rotatable bonds is 4. The molecule has 1 aromatic heterocycles. The number of hydrogen-bond donors (Lipinski definition) is 3. The van der Waals surface area contributed by atoms with Gasteiger partial charge in [0.15, 0.2) is 20.8 Å². The fourth-order valence-corrected chi connectivity index (χ4v) is 4.40. The van der Waals surface area contributed by atoms with Gasteiger partial charge in [-0.25, -0.2) is 18.5 Å². The Hall–Kier alpha value is -2.33. The molecule has 0 aliphatic heterocycles. The Morgan fingerprint density at radius 1 is 1.34 bits per heavy atom. The van der Waals surface area contributed by atoms with E-state index in [9.17, 15) is 13.4 Å². The first-order valence-electron chi connectivity index (χ1n) is 9.69. The number of fused-ring (bicyclic) bond motifs is 2. The summed E-state index contributed by atoms with van der Waals surface area (Å²) in [6.07, 6.45) is 5.22. The summed E-state index contributed by atoms with van der Waals surface area (Å²) in [5.74, 6) is -0.752. The minimum Gasteiger partial charge on any atom is -0.387 e. The number of nitrogens with two attached hydrogens (primary N) is 2. The normalized spacial score (nSPS) is 21.0. The lowest BCUT2D eigenvalue weighted by Gasteiger charge is -2.15. The van der Waals surface area contributed by atoms with E-state index in [0.29, 0.717) is 11.6 Å². The van der Waals surface area contributed by atoms with Crippen LogP contribution >= 0.6 is 0 Å². The van der Waals surface area contributed by atoms with Crippen molar-refractivity contribution < 1.29 is 13.4 Å². The molecule has 2 aliphatic rings. The lowest BCUT2D eigenvalue weighted by molar-refractivity contribution is 0.260. The summed E-state index contributed by atoms with van der Waals surface area (Å²) in [5.41, 5.74) is 10.2. The number of carbonyl (C=O) groups excluding carboxylic acids is 1. The molecule has 0 saturated heterocycles. The molecular weight excluding hydrogens is 395 g/mol. The summed E-state index contributed by atoms with van der Waals surface area (Å²) >= 11 is 0. The van der Waals surface area contributed by atoms with Gasteiger partial charge >= 0.3 is 6.03 Å². The van der Waals surface area contributed by atoms with Crippen LogP contribution in [0.15, 0.2) is 20.2 Å². The van der Waals surface area contributed by atoms with Crippen LogP contribution in [0, 0.1) is 0 Å². The number of aryl methyl sites for hydroxylation is 1. The second-order valence-electron chi connectivity index (χ2n) is 7.74. The van der Waals surface area contributed by atoms with Crippen LogP contribution in [0.5, 0.6) is 0 Å². The maximum Gasteiger partial charge on any atom is 0.354 e. The van der Waals surface area contributed by atoms with E-state index >= 15 is 0 Å². The minimum atomic E-state index is -3.93. The Morgan fingerprint density at radius 2 is 2.07 bits per heavy atom. The molecule has 8 nitrogen and oxygen atoms in total. The van der Waals surface area contributed by atoms with E-state index < -0.39 is 26.8 Å². The van der Waals surface area contributed by atoms with Crippen LogP contribution in [0.2, 0.25) is 0 Å². The van der Waals surface area contributed by atoms with Crippen LogP contribution in [0.25, 0.3) is 0 Å². The number of nitrogens with zero attached hydrogens (tertiary/aromatic N) is 3. The van der Waals surface area contributed by atoms with Crippen molar-refractivity contribution in [3.8, 4) is 0 Å². The maximum absolute atomic E-state index is 14.1. The first kappa shape index (κ1) is 21.4. The van der Waals surface area contributed by atoms with Crippen molar-refractivity contribution in [2.24, 2.45) is 20.2 Å². The van der Waals surface area contributed by atoms with E-state index in [1.807, 2.05) is 0 Å². The maximum atomic E-state index is 14.1. The highest BCUT2D eigenvalue weighted by Gasteiger charge is 2.30. The molecule has 2 unspecified atom stereocenters. The standard InChI is InChI=1S/C19H27FN6O2S/c1-10(2)23-9-14(20)18(21)29(22,28)26-19(27)25-17-12-5-4-6-15(12)24-16-11(3)7-8-13(16)17/h9-11H,4-8,21H2,1-3H3,(H3,22,24,25,26,27,28)/b18-14-,23-9?. The third-order valence-corrected chi connectivity index (χ3v) is 6.40. The lowest BCUT2D eigenvalue weighted by atomic mass is 10.0. The van der Waals surface area contributed by atoms with Crippen LogP contribution in [0.1, 0.15) is 62.0 Å². The van der Waals surface area contributed by atoms with E-state index in [4.69, 9.17) is 15.9 Å². The van der Waals surface area contributed by atoms with Gasteiger partial charge in [0.1, 0.15) is 0 Å². The zero-order chi connectivity index (χ0) is 21.3. The smallest absolute Gasteiger partial charge is 0.354 e. The second kappa shape index (κ2) is 8.19. The zero-order valence-electron chi connectivity index (χ0n) is 16.9. The Bertz CT molecular complexity index is 1020. The average molecular weight is 423 g/mol. The Balaban J connectivity index is 1.93. The van der Waals surface area contributed by atoms with Crippen molar-refractivity contribution in [3.63, 3.8) is 0 Å². The predicted molar refractivity (Wildman–Crippen MR) is 113 cm³/mol. The highest BCUT2D eigenvalue weighted by molar-refractivity contribution is 7.95. The Kier molecular flexibility index (Phi) is 6.04. The quantitative estimate of drug-likeness (QED) is 0.642. The molecule has 1 aromatic rings. The number of allylic oxidation sites excluding steroid dienone is 1. The first-order valence-corrected chi connectivity index (χ1v) is 11.3. The van der Waals surface area contributed by atoms with Gasteiger partial charge in [-0.2, -0.15) is 0 Å². The van der Waals surface area contributed by atoms with Gasteiger partial charge in [-0.1, -0.05) is 6.92 Å². The van der Waals surface area contributed by atoms with Crippen LogP contribution in [0.3, 0.4) is 0 Å². The van der Waals surface area contributed by atoms with Crippen molar-refractivity contribution in [1.29, 1.82) is 0 Å². The summed E-state index contributed by atoms with van der Waals surface area (Å²) < 4.78 is 30.1. The van der Waals surface area contributed by atoms with Gasteiger partial charge in [-0.15, -0.1) is 4.36 Å². The number of anilines is 1. The zero-order valence-corrected chi connectivity index (χ0v) is 17.7. The molecule has 0 radical (unpaired) electrons. The molecule has 5 N–H and O–H groups in total. The molecule has 0 saturated carbocycles. The minimum absolute atomic E-state index is 0.180. The van der Waals surface area contributed by atoms with Crippen LogP contribution < -0.4 is 16.2 Å². The molecule has 158 valence electrons. The number of aliphatic imine (C=N–C) groups is 1. The number of aromatic nitrogens is 1. The van der Waals surface area contributed by atoms with Crippen molar-refractivity contribution in [2.75, 3.05) is 5.32 Å². The fourth-order valence-electron chi connectivity index (χ4n) is 3.67. The first-order chi connectivity index (χ1) is 13.6. The summed E-state index contributed by atoms with van der Waals surface area (Å²) in [4.78, 5) is 21.1. The van der Waals surface area contributed by atoms with Gasteiger partial charge in [0, 0.05) is 17.4 Å². The van der Waals surface area contributed by atoms with E-state index in [1.165, 1.54) is 0 Å². The predicted octanol–water partition coefficient (Wildman–Crippen LogP) is 3.07. The molecule has 2 atom stereocenters. The Morgan fingerprint density at radius 3 is 2.76 bits per heavy atom. The molecule has 10 heteroatoms. The summed E-state index contributed by atoms with van der Waals surface area (Å²) in [7, 11) is -3.93. The van der Waals surface area contributed by atoms with Gasteiger partial charge < -0.3 is 11.1 Å². The number of hydrogen-bond acceptors (Lipinski definition) is 5. The van der Waals surface area contributed by atoms with Crippen LogP contribution in [-0.4, -0.2) is 27.5 Å². The van der Waals surface area contributed by atoms with Crippen LogP contribution in [0.4, 0.5) is 14.9 Å².